The summed E-state index contributed by atoms with van der Waals surface area (Å²) in [4.78, 5) is 10.5. The molecule has 0 spiro atoms. The summed E-state index contributed by atoms with van der Waals surface area (Å²) in [7, 11) is -3.84. The van der Waals surface area contributed by atoms with Crippen molar-refractivity contribution in [1.29, 1.82) is 0 Å². The van der Waals surface area contributed by atoms with Crippen LogP contribution in [0.3, 0.4) is 0 Å². The van der Waals surface area contributed by atoms with Crippen molar-refractivity contribution in [2.45, 2.75) is 10.6 Å². The van der Waals surface area contributed by atoms with E-state index in [0.717, 1.165) is 24.3 Å². The summed E-state index contributed by atoms with van der Waals surface area (Å²) in [6.45, 7) is 0. The second kappa shape index (κ2) is 5.61. The van der Waals surface area contributed by atoms with Crippen molar-refractivity contribution < 1.29 is 27.1 Å². The van der Waals surface area contributed by atoms with Crippen LogP contribution in [0.25, 0.3) is 0 Å². The molecule has 0 saturated carbocycles. The van der Waals surface area contributed by atoms with Crippen molar-refractivity contribution in [3.8, 4) is 0 Å². The number of aromatic carboxylic acids is 1. The van der Waals surface area contributed by atoms with Gasteiger partial charge in [-0.15, -0.1) is 0 Å². The maximum atomic E-state index is 13.5. The minimum absolute atomic E-state index is 0.0850. The first-order chi connectivity index (χ1) is 9.79. The van der Waals surface area contributed by atoms with Crippen LogP contribution in [-0.2, 0) is 15.6 Å². The predicted molar refractivity (Wildman–Crippen MR) is 70.6 cm³/mol. The molecule has 0 heterocycles. The minimum atomic E-state index is -3.84. The van der Waals surface area contributed by atoms with Gasteiger partial charge in [0.1, 0.15) is 11.6 Å². The van der Waals surface area contributed by atoms with Crippen LogP contribution in [0.15, 0.2) is 47.4 Å². The first-order valence-corrected chi connectivity index (χ1v) is 7.45. The Morgan fingerprint density at radius 1 is 1.10 bits per heavy atom. The minimum Gasteiger partial charge on any atom is -0.478 e. The quantitative estimate of drug-likeness (QED) is 0.942. The highest BCUT2D eigenvalue weighted by Crippen LogP contribution is 2.19. The van der Waals surface area contributed by atoms with Crippen LogP contribution in [0.5, 0.6) is 0 Å². The molecule has 2 aromatic carbocycles. The summed E-state index contributed by atoms with van der Waals surface area (Å²) in [5.74, 6) is -3.70. The van der Waals surface area contributed by atoms with Crippen LogP contribution in [0.2, 0.25) is 0 Å². The molecule has 0 amide bonds. The van der Waals surface area contributed by atoms with Gasteiger partial charge in [-0.25, -0.2) is 22.0 Å². The molecule has 110 valence electrons. The predicted octanol–water partition coefficient (Wildman–Crippen LogP) is 2.64. The van der Waals surface area contributed by atoms with Crippen LogP contribution in [0, 0.1) is 11.6 Å². The highest BCUT2D eigenvalue weighted by Gasteiger charge is 2.18. The SMILES string of the molecule is O=C(O)c1ccc(CS(=O)(=O)c2cccc(F)c2)cc1F. The van der Waals surface area contributed by atoms with Crippen molar-refractivity contribution in [2.24, 2.45) is 0 Å². The highest BCUT2D eigenvalue weighted by molar-refractivity contribution is 7.90. The highest BCUT2D eigenvalue weighted by atomic mass is 32.2. The topological polar surface area (TPSA) is 71.4 Å². The Morgan fingerprint density at radius 3 is 2.38 bits per heavy atom. The monoisotopic (exact) mass is 312 g/mol. The van der Waals surface area contributed by atoms with E-state index in [-0.39, 0.29) is 10.5 Å². The molecular formula is C14H10F2O4S. The maximum absolute atomic E-state index is 13.5. The molecule has 0 atom stereocenters. The van der Waals surface area contributed by atoms with E-state index >= 15 is 0 Å². The van der Waals surface area contributed by atoms with Crippen LogP contribution in [0.4, 0.5) is 8.78 Å². The van der Waals surface area contributed by atoms with Crippen molar-refractivity contribution in [3.05, 3.63) is 65.2 Å². The average molecular weight is 312 g/mol. The molecule has 0 unspecified atom stereocenters. The Bertz CT molecular complexity index is 800. The lowest BCUT2D eigenvalue weighted by Crippen LogP contribution is -2.07. The van der Waals surface area contributed by atoms with Crippen LogP contribution < -0.4 is 0 Å². The third kappa shape index (κ3) is 3.43. The van der Waals surface area contributed by atoms with Gasteiger partial charge < -0.3 is 5.11 Å². The van der Waals surface area contributed by atoms with Crippen LogP contribution in [-0.4, -0.2) is 19.5 Å². The summed E-state index contributed by atoms with van der Waals surface area (Å²) in [6.07, 6.45) is 0. The van der Waals surface area contributed by atoms with Crippen molar-refractivity contribution >= 4 is 15.8 Å². The molecule has 4 nitrogen and oxygen atoms in total. The van der Waals surface area contributed by atoms with Gasteiger partial charge in [0.15, 0.2) is 9.84 Å². The number of hydrogen-bond donors (Lipinski definition) is 1. The number of halogens is 2. The zero-order valence-electron chi connectivity index (χ0n) is 10.6. The van der Waals surface area contributed by atoms with Gasteiger partial charge in [-0.2, -0.15) is 0 Å². The van der Waals surface area contributed by atoms with Gasteiger partial charge in [0.25, 0.3) is 0 Å². The first-order valence-electron chi connectivity index (χ1n) is 5.79. The number of sulfone groups is 1. The molecule has 0 fully saturated rings. The number of hydrogen-bond acceptors (Lipinski definition) is 3. The Morgan fingerprint density at radius 2 is 1.81 bits per heavy atom. The van der Waals surface area contributed by atoms with Crippen molar-refractivity contribution in [3.63, 3.8) is 0 Å². The third-order valence-corrected chi connectivity index (χ3v) is 4.46. The van der Waals surface area contributed by atoms with E-state index in [2.05, 4.69) is 0 Å². The van der Waals surface area contributed by atoms with Gasteiger partial charge in [-0.05, 0) is 35.9 Å². The van der Waals surface area contributed by atoms with Crippen molar-refractivity contribution in [2.75, 3.05) is 0 Å². The van der Waals surface area contributed by atoms with E-state index in [4.69, 9.17) is 5.11 Å². The standard InChI is InChI=1S/C14H10F2O4S/c15-10-2-1-3-11(7-10)21(19,20)8-9-4-5-12(14(17)18)13(16)6-9/h1-7H,8H2,(H,17,18). The van der Waals surface area contributed by atoms with E-state index in [1.54, 1.807) is 0 Å². The average Bonchev–Trinajstić information content (AvgIpc) is 2.37. The molecule has 1 N–H and O–H groups in total. The normalized spacial score (nSPS) is 11.3. The molecule has 0 aromatic heterocycles. The Balaban J connectivity index is 2.33. The summed E-state index contributed by atoms with van der Waals surface area (Å²) in [5.41, 5.74) is -0.455. The zero-order valence-corrected chi connectivity index (χ0v) is 11.4. The Labute approximate surface area is 119 Å². The molecule has 0 saturated heterocycles. The third-order valence-electron chi connectivity index (χ3n) is 2.78. The van der Waals surface area contributed by atoms with Crippen LogP contribution >= 0.6 is 0 Å². The van der Waals surface area contributed by atoms with Gasteiger partial charge in [0.2, 0.25) is 0 Å². The molecular weight excluding hydrogens is 302 g/mol. The van der Waals surface area contributed by atoms with Crippen molar-refractivity contribution in [1.82, 2.24) is 0 Å². The Hall–Kier alpha value is -2.28. The fourth-order valence-corrected chi connectivity index (χ4v) is 3.15. The number of rotatable bonds is 4. The van der Waals surface area contributed by atoms with E-state index in [1.165, 1.54) is 18.2 Å². The van der Waals surface area contributed by atoms with Gasteiger partial charge >= 0.3 is 5.97 Å². The fraction of sp³-hybridized carbons (Fsp3) is 0.0714. The largest absolute Gasteiger partial charge is 0.478 e. The molecule has 0 aliphatic carbocycles. The van der Waals surface area contributed by atoms with E-state index < -0.39 is 38.8 Å². The Kier molecular flexibility index (Phi) is 4.04. The lowest BCUT2D eigenvalue weighted by Gasteiger charge is -2.06. The molecule has 0 aliphatic rings. The number of carboxylic acids is 1. The second-order valence-electron chi connectivity index (χ2n) is 4.34. The summed E-state index contributed by atoms with van der Waals surface area (Å²) < 4.78 is 50.7. The molecule has 2 rings (SSSR count). The van der Waals surface area contributed by atoms with Crippen LogP contribution in [0.1, 0.15) is 15.9 Å². The summed E-state index contributed by atoms with van der Waals surface area (Å²) in [5, 5.41) is 8.70. The number of carbonyl (C=O) groups is 1. The zero-order chi connectivity index (χ0) is 15.6. The molecule has 21 heavy (non-hydrogen) atoms. The smallest absolute Gasteiger partial charge is 0.338 e. The fourth-order valence-electron chi connectivity index (χ4n) is 1.79. The first kappa shape index (κ1) is 15.1. The van der Waals surface area contributed by atoms with Gasteiger partial charge in [0, 0.05) is 0 Å². The maximum Gasteiger partial charge on any atom is 0.338 e. The molecule has 0 aliphatic heterocycles. The molecule has 7 heteroatoms. The second-order valence-corrected chi connectivity index (χ2v) is 6.33. The van der Waals surface area contributed by atoms with E-state index in [9.17, 15) is 22.0 Å². The summed E-state index contributed by atoms with van der Waals surface area (Å²) in [6, 6.07) is 7.53. The lowest BCUT2D eigenvalue weighted by atomic mass is 10.1. The lowest BCUT2D eigenvalue weighted by molar-refractivity contribution is 0.0692. The molecule has 2 aromatic rings. The summed E-state index contributed by atoms with van der Waals surface area (Å²) >= 11 is 0. The van der Waals surface area contributed by atoms with E-state index in [1.807, 2.05) is 0 Å². The molecule has 0 bridgehead atoms. The van der Waals surface area contributed by atoms with Gasteiger partial charge in [0.05, 0.1) is 16.2 Å². The number of carboxylic acid groups (broad SMARTS) is 1. The van der Waals surface area contributed by atoms with Gasteiger partial charge in [-0.3, -0.25) is 0 Å². The molecule has 0 radical (unpaired) electrons. The van der Waals surface area contributed by atoms with Gasteiger partial charge in [-0.1, -0.05) is 12.1 Å². The van der Waals surface area contributed by atoms with E-state index in [0.29, 0.717) is 0 Å². The number of benzene rings is 2.